The van der Waals surface area contributed by atoms with Gasteiger partial charge in [-0.15, -0.1) is 0 Å². The summed E-state index contributed by atoms with van der Waals surface area (Å²) in [6, 6.07) is 19.7. The minimum absolute atomic E-state index is 0.000569. The number of piperazine rings is 1. The van der Waals surface area contributed by atoms with Crippen LogP contribution in [0.25, 0.3) is 0 Å². The summed E-state index contributed by atoms with van der Waals surface area (Å²) in [4.78, 5) is 28.2. The molecule has 1 heterocycles. The molecule has 28 heavy (non-hydrogen) atoms. The monoisotopic (exact) mass is 376 g/mol. The van der Waals surface area contributed by atoms with Crippen LogP contribution in [-0.2, 0) is 9.59 Å². The van der Waals surface area contributed by atoms with E-state index in [0.29, 0.717) is 18.9 Å². The summed E-state index contributed by atoms with van der Waals surface area (Å²) in [5.74, 6) is 0.741. The minimum Gasteiger partial charge on any atom is -0.346 e. The molecular formula is C24H28N2O2. The molecule has 0 spiro atoms. The van der Waals surface area contributed by atoms with Gasteiger partial charge in [-0.25, -0.2) is 0 Å². The van der Waals surface area contributed by atoms with Crippen molar-refractivity contribution in [2.24, 2.45) is 11.8 Å². The zero-order valence-corrected chi connectivity index (χ0v) is 16.5. The van der Waals surface area contributed by atoms with Gasteiger partial charge in [0.1, 0.15) is 6.04 Å². The Morgan fingerprint density at radius 2 is 1.64 bits per heavy atom. The molecule has 1 N–H and O–H groups in total. The van der Waals surface area contributed by atoms with E-state index in [0.717, 1.165) is 12.0 Å². The molecule has 2 aromatic carbocycles. The van der Waals surface area contributed by atoms with Gasteiger partial charge < -0.3 is 10.2 Å². The maximum absolute atomic E-state index is 13.4. The molecule has 0 aromatic heterocycles. The van der Waals surface area contributed by atoms with Crippen LogP contribution in [0.1, 0.15) is 49.8 Å². The van der Waals surface area contributed by atoms with Crippen LogP contribution >= 0.6 is 0 Å². The predicted molar refractivity (Wildman–Crippen MR) is 110 cm³/mol. The first-order valence-electron chi connectivity index (χ1n) is 10.3. The summed E-state index contributed by atoms with van der Waals surface area (Å²) in [6.45, 7) is 4.75. The molecule has 0 bridgehead atoms. The van der Waals surface area contributed by atoms with Gasteiger partial charge >= 0.3 is 0 Å². The van der Waals surface area contributed by atoms with Gasteiger partial charge in [-0.05, 0) is 35.8 Å². The third-order valence-electron chi connectivity index (χ3n) is 5.89. The van der Waals surface area contributed by atoms with Crippen molar-refractivity contribution in [2.75, 3.05) is 6.54 Å². The van der Waals surface area contributed by atoms with Crippen LogP contribution in [0.3, 0.4) is 0 Å². The van der Waals surface area contributed by atoms with Gasteiger partial charge in [0.2, 0.25) is 11.8 Å². The van der Waals surface area contributed by atoms with Crippen molar-refractivity contribution < 1.29 is 9.59 Å². The van der Waals surface area contributed by atoms with Crippen LogP contribution in [-0.4, -0.2) is 29.3 Å². The normalized spacial score (nSPS) is 26.8. The van der Waals surface area contributed by atoms with Gasteiger partial charge in [-0.1, -0.05) is 74.5 Å². The topological polar surface area (TPSA) is 49.4 Å². The lowest BCUT2D eigenvalue weighted by molar-refractivity contribution is -0.146. The van der Waals surface area contributed by atoms with Crippen molar-refractivity contribution in [3.8, 4) is 0 Å². The SMILES string of the molecule is CC(C)CC1C(=O)NC(c2ccccc2)CN1C(=O)C1CC1c1ccccc1. The second-order valence-electron chi connectivity index (χ2n) is 8.47. The summed E-state index contributed by atoms with van der Waals surface area (Å²) < 4.78 is 0. The molecule has 1 saturated carbocycles. The zero-order chi connectivity index (χ0) is 19.7. The fraction of sp³-hybridized carbons (Fsp3) is 0.417. The van der Waals surface area contributed by atoms with E-state index < -0.39 is 0 Å². The van der Waals surface area contributed by atoms with Crippen molar-refractivity contribution in [1.82, 2.24) is 10.2 Å². The molecule has 1 aliphatic heterocycles. The first-order chi connectivity index (χ1) is 13.5. The van der Waals surface area contributed by atoms with Crippen molar-refractivity contribution in [3.63, 3.8) is 0 Å². The van der Waals surface area contributed by atoms with Gasteiger partial charge in [-0.2, -0.15) is 0 Å². The lowest BCUT2D eigenvalue weighted by Gasteiger charge is -2.40. The molecule has 1 aliphatic carbocycles. The summed E-state index contributed by atoms with van der Waals surface area (Å²) in [6.07, 6.45) is 1.58. The molecule has 4 rings (SSSR count). The highest BCUT2D eigenvalue weighted by Crippen LogP contribution is 2.49. The summed E-state index contributed by atoms with van der Waals surface area (Å²) >= 11 is 0. The Labute approximate surface area is 166 Å². The number of amides is 2. The van der Waals surface area contributed by atoms with Gasteiger partial charge in [0.05, 0.1) is 6.04 Å². The number of nitrogens with zero attached hydrogens (tertiary/aromatic N) is 1. The molecular weight excluding hydrogens is 348 g/mol. The van der Waals surface area contributed by atoms with E-state index in [2.05, 4.69) is 31.3 Å². The number of carbonyl (C=O) groups excluding carboxylic acids is 2. The van der Waals surface area contributed by atoms with E-state index in [1.807, 2.05) is 53.4 Å². The number of nitrogens with one attached hydrogen (secondary N) is 1. The maximum atomic E-state index is 13.4. The summed E-state index contributed by atoms with van der Waals surface area (Å²) in [5, 5.41) is 3.14. The molecule has 1 saturated heterocycles. The molecule has 146 valence electrons. The molecule has 2 amide bonds. The van der Waals surface area contributed by atoms with Crippen LogP contribution in [0.2, 0.25) is 0 Å². The number of rotatable bonds is 5. The highest BCUT2D eigenvalue weighted by atomic mass is 16.2. The summed E-state index contributed by atoms with van der Waals surface area (Å²) in [7, 11) is 0. The van der Waals surface area contributed by atoms with E-state index in [1.165, 1.54) is 5.56 Å². The molecule has 4 nitrogen and oxygen atoms in total. The van der Waals surface area contributed by atoms with E-state index in [1.54, 1.807) is 0 Å². The Morgan fingerprint density at radius 1 is 1.04 bits per heavy atom. The first kappa shape index (κ1) is 18.7. The quantitative estimate of drug-likeness (QED) is 0.860. The molecule has 2 fully saturated rings. The Morgan fingerprint density at radius 3 is 2.25 bits per heavy atom. The Hall–Kier alpha value is -2.62. The van der Waals surface area contributed by atoms with Gasteiger partial charge in [0, 0.05) is 12.5 Å². The Balaban J connectivity index is 1.55. The van der Waals surface area contributed by atoms with Gasteiger partial charge in [0.15, 0.2) is 0 Å². The molecule has 4 atom stereocenters. The minimum atomic E-state index is -0.371. The van der Waals surface area contributed by atoms with E-state index in [4.69, 9.17) is 0 Å². The average Bonchev–Trinajstić information content (AvgIpc) is 3.51. The van der Waals surface area contributed by atoms with Gasteiger partial charge in [-0.3, -0.25) is 9.59 Å². The average molecular weight is 377 g/mol. The third kappa shape index (κ3) is 3.82. The lowest BCUT2D eigenvalue weighted by Crippen LogP contribution is -2.59. The largest absolute Gasteiger partial charge is 0.346 e. The first-order valence-corrected chi connectivity index (χ1v) is 10.3. The van der Waals surface area contributed by atoms with Crippen molar-refractivity contribution in [1.29, 1.82) is 0 Å². The molecule has 4 unspecified atom stereocenters. The van der Waals surface area contributed by atoms with Crippen LogP contribution < -0.4 is 5.32 Å². The van der Waals surface area contributed by atoms with E-state index in [-0.39, 0.29) is 35.7 Å². The van der Waals surface area contributed by atoms with Crippen LogP contribution in [0.4, 0.5) is 0 Å². The van der Waals surface area contributed by atoms with Crippen LogP contribution in [0.15, 0.2) is 60.7 Å². The Kier molecular flexibility index (Phi) is 5.21. The van der Waals surface area contributed by atoms with Crippen molar-refractivity contribution >= 4 is 11.8 Å². The van der Waals surface area contributed by atoms with E-state index in [9.17, 15) is 9.59 Å². The molecule has 0 radical (unpaired) electrons. The van der Waals surface area contributed by atoms with Gasteiger partial charge in [0.25, 0.3) is 0 Å². The number of hydrogen-bond acceptors (Lipinski definition) is 2. The van der Waals surface area contributed by atoms with Crippen molar-refractivity contribution in [2.45, 2.75) is 44.7 Å². The lowest BCUT2D eigenvalue weighted by atomic mass is 9.95. The summed E-state index contributed by atoms with van der Waals surface area (Å²) in [5.41, 5.74) is 2.27. The second kappa shape index (κ2) is 7.78. The Bertz CT molecular complexity index is 834. The number of carbonyl (C=O) groups is 2. The molecule has 2 aromatic rings. The highest BCUT2D eigenvalue weighted by Gasteiger charge is 2.49. The van der Waals surface area contributed by atoms with E-state index >= 15 is 0 Å². The van der Waals surface area contributed by atoms with Crippen molar-refractivity contribution in [3.05, 3.63) is 71.8 Å². The standard InChI is InChI=1S/C24H28N2O2/c1-16(2)13-22-23(27)25-21(18-11-7-4-8-12-18)15-26(22)24(28)20-14-19(20)17-9-5-3-6-10-17/h3-12,16,19-22H,13-15H2,1-2H3,(H,25,27). The molecule has 2 aliphatic rings. The fourth-order valence-corrected chi connectivity index (χ4v) is 4.33. The van der Waals surface area contributed by atoms with Crippen LogP contribution in [0, 0.1) is 11.8 Å². The third-order valence-corrected chi connectivity index (χ3v) is 5.89. The number of hydrogen-bond donors (Lipinski definition) is 1. The molecule has 4 heteroatoms. The van der Waals surface area contributed by atoms with Crippen LogP contribution in [0.5, 0.6) is 0 Å². The smallest absolute Gasteiger partial charge is 0.243 e. The fourth-order valence-electron chi connectivity index (χ4n) is 4.33. The number of benzene rings is 2. The second-order valence-corrected chi connectivity index (χ2v) is 8.47. The zero-order valence-electron chi connectivity index (χ0n) is 16.5. The maximum Gasteiger partial charge on any atom is 0.243 e. The predicted octanol–water partition coefficient (Wildman–Crippen LogP) is 3.90. The highest BCUT2D eigenvalue weighted by molar-refractivity contribution is 5.91.